The summed E-state index contributed by atoms with van der Waals surface area (Å²) in [4.78, 5) is 55.7. The number of phosphoric ester groups is 1. The van der Waals surface area contributed by atoms with Gasteiger partial charge in [0.2, 0.25) is 0 Å². The highest BCUT2D eigenvalue weighted by molar-refractivity contribution is 7.46. The third-order valence-corrected chi connectivity index (χ3v) is 7.87. The summed E-state index contributed by atoms with van der Waals surface area (Å²) >= 11 is 6.19. The number of anilines is 1. The van der Waals surface area contributed by atoms with Crippen LogP contribution in [-0.2, 0) is 33.4 Å². The summed E-state index contributed by atoms with van der Waals surface area (Å²) in [6.07, 6.45) is -2.84. The molecule has 0 spiro atoms. The Hall–Kier alpha value is -2.87. The molecule has 0 radical (unpaired) electrons. The summed E-state index contributed by atoms with van der Waals surface area (Å²) in [5.41, 5.74) is 1.32. The van der Waals surface area contributed by atoms with Crippen LogP contribution in [0.2, 0.25) is 5.02 Å². The number of phosphoric acid groups is 1. The van der Waals surface area contributed by atoms with Gasteiger partial charge in [0.25, 0.3) is 0 Å². The number of nitrogens with zero attached hydrogens (tertiary/aromatic N) is 1. The Kier molecular flexibility index (Phi) is 12.1. The van der Waals surface area contributed by atoms with Crippen molar-refractivity contribution in [1.29, 1.82) is 0 Å². The molecule has 48 heavy (non-hydrogen) atoms. The van der Waals surface area contributed by atoms with Crippen LogP contribution in [0.25, 0.3) is 11.1 Å². The Morgan fingerprint density at radius 1 is 0.833 bits per heavy atom. The van der Waals surface area contributed by atoms with E-state index in [0.717, 1.165) is 16.8 Å². The number of ether oxygens (including phenoxy) is 1. The lowest BCUT2D eigenvalue weighted by molar-refractivity contribution is -0.657. The minimum atomic E-state index is -5.38. The monoisotopic (exact) mass is 707 g/mol. The first-order chi connectivity index (χ1) is 22.3. The largest absolute Gasteiger partial charge is 0.478 e. The maximum atomic E-state index is 12.4. The molecule has 1 heterocycles. The molecular weight excluding hydrogens is 665 g/mol. The molecule has 12 nitrogen and oxygen atoms in total. The number of carboxylic acid groups (broad SMARTS) is 1. The van der Waals surface area contributed by atoms with E-state index < -0.39 is 37.3 Å². The van der Waals surface area contributed by atoms with Crippen molar-refractivity contribution in [2.24, 2.45) is 5.92 Å². The van der Waals surface area contributed by atoms with Gasteiger partial charge in [0, 0.05) is 23.8 Å². The molecule has 3 aromatic carbocycles. The molecule has 1 fully saturated rings. The summed E-state index contributed by atoms with van der Waals surface area (Å²) in [6, 6.07) is 21.3. The fraction of sp³-hybridized carbons (Fsp3) is 0.441. The fourth-order valence-electron chi connectivity index (χ4n) is 5.08. The molecule has 1 unspecified atom stereocenters. The average molecular weight is 708 g/mol. The van der Waals surface area contributed by atoms with Gasteiger partial charge in [0.15, 0.2) is 0 Å². The van der Waals surface area contributed by atoms with Gasteiger partial charge in [-0.2, -0.15) is 4.52 Å². The van der Waals surface area contributed by atoms with Crippen LogP contribution >= 0.6 is 19.4 Å². The second-order valence-corrected chi connectivity index (χ2v) is 15.0. The Bertz CT molecular complexity index is 1540. The van der Waals surface area contributed by atoms with Gasteiger partial charge in [0.1, 0.15) is 0 Å². The Labute approximate surface area is 285 Å². The summed E-state index contributed by atoms with van der Waals surface area (Å²) < 4.78 is 24.0. The third-order valence-electron chi connectivity index (χ3n) is 7.16. The van der Waals surface area contributed by atoms with Crippen molar-refractivity contribution in [3.05, 3.63) is 88.9 Å². The van der Waals surface area contributed by atoms with Crippen molar-refractivity contribution in [2.75, 3.05) is 18.0 Å². The Morgan fingerprint density at radius 3 is 1.88 bits per heavy atom. The molecule has 14 heteroatoms. The normalized spacial score (nSPS) is 15.8. The molecule has 1 aliphatic heterocycles. The maximum absolute atomic E-state index is 12.4. The molecule has 1 saturated heterocycles. The van der Waals surface area contributed by atoms with E-state index in [9.17, 15) is 24.3 Å². The van der Waals surface area contributed by atoms with Crippen molar-refractivity contribution < 1.29 is 53.1 Å². The van der Waals surface area contributed by atoms with E-state index in [1.54, 1.807) is 77.9 Å². The SMILES string of the molecule is CC(C)(C)OOC(OOC(C)(C)C)(OC(c1ccccc1-c1ccc(Cl)cc1)C1CCN(c2ccc(C(=O)O)cc2)CC1)OP(=O)(O)O. The van der Waals surface area contributed by atoms with Crippen LogP contribution in [-0.4, -0.2) is 51.3 Å². The molecule has 0 bridgehead atoms. The first-order valence-corrected chi connectivity index (χ1v) is 17.3. The van der Waals surface area contributed by atoms with E-state index in [1.165, 1.54) is 0 Å². The van der Waals surface area contributed by atoms with Crippen LogP contribution < -0.4 is 4.90 Å². The van der Waals surface area contributed by atoms with Gasteiger partial charge in [-0.3, -0.25) is 4.74 Å². The van der Waals surface area contributed by atoms with Gasteiger partial charge in [-0.1, -0.05) is 48.0 Å². The zero-order chi connectivity index (χ0) is 35.3. The number of piperidine rings is 1. The first-order valence-electron chi connectivity index (χ1n) is 15.4. The molecule has 262 valence electrons. The van der Waals surface area contributed by atoms with E-state index in [0.29, 0.717) is 36.5 Å². The molecular formula is C34H43ClNO11P. The number of benzene rings is 3. The van der Waals surface area contributed by atoms with Gasteiger partial charge in [-0.05, 0) is 113 Å². The molecule has 3 aromatic rings. The quantitative estimate of drug-likeness (QED) is 0.0685. The molecule has 1 atom stereocenters. The minimum absolute atomic E-state index is 0.192. The fourth-order valence-corrected chi connectivity index (χ4v) is 5.61. The van der Waals surface area contributed by atoms with Crippen LogP contribution in [0.1, 0.15) is 76.4 Å². The summed E-state index contributed by atoms with van der Waals surface area (Å²) in [7, 11) is -5.38. The zero-order valence-corrected chi connectivity index (χ0v) is 29.4. The highest BCUT2D eigenvalue weighted by Gasteiger charge is 2.51. The first kappa shape index (κ1) is 37.9. The minimum Gasteiger partial charge on any atom is -0.478 e. The molecule has 3 N–H and O–H groups in total. The lowest BCUT2D eigenvalue weighted by Gasteiger charge is -2.41. The number of carboxylic acids is 1. The summed E-state index contributed by atoms with van der Waals surface area (Å²) in [5.74, 6) is -1.28. The van der Waals surface area contributed by atoms with E-state index in [2.05, 4.69) is 4.90 Å². The van der Waals surface area contributed by atoms with Crippen molar-refractivity contribution >= 4 is 31.1 Å². The summed E-state index contributed by atoms with van der Waals surface area (Å²) in [6.45, 7) is 11.1. The predicted molar refractivity (Wildman–Crippen MR) is 179 cm³/mol. The van der Waals surface area contributed by atoms with Crippen LogP contribution in [0.4, 0.5) is 5.69 Å². The Balaban J connectivity index is 1.78. The lowest BCUT2D eigenvalue weighted by Crippen LogP contribution is -2.47. The standard InChI is InChI=1S/C34H43ClNO11P/c1-32(2,3)43-45-34(47-48(39,40)41,46-44-33(4,5)6)42-30(29-10-8-7-9-28(29)23-11-15-26(35)16-12-23)24-19-21-36(22-20-24)27-17-13-25(14-18-27)31(37)38/h7-18,24,30H,19-22H2,1-6H3,(H,37,38)(H2,39,40,41). The molecule has 0 aromatic heterocycles. The van der Waals surface area contributed by atoms with Gasteiger partial charge in [-0.25, -0.2) is 19.1 Å². The number of carbonyl (C=O) groups is 1. The number of hydrogen-bond acceptors (Lipinski definition) is 9. The van der Waals surface area contributed by atoms with E-state index in [4.69, 9.17) is 40.4 Å². The molecule has 1 aliphatic rings. The van der Waals surface area contributed by atoms with Crippen molar-refractivity contribution in [1.82, 2.24) is 0 Å². The number of aromatic carboxylic acids is 1. The molecule has 0 amide bonds. The van der Waals surface area contributed by atoms with Gasteiger partial charge in [-0.15, -0.1) is 9.78 Å². The average Bonchev–Trinajstić information content (AvgIpc) is 3.01. The second kappa shape index (κ2) is 15.3. The number of rotatable bonds is 13. The van der Waals surface area contributed by atoms with Gasteiger partial charge < -0.3 is 19.8 Å². The van der Waals surface area contributed by atoms with Crippen LogP contribution in [0.3, 0.4) is 0 Å². The zero-order valence-electron chi connectivity index (χ0n) is 27.8. The topological polar surface area (TPSA) is 153 Å². The van der Waals surface area contributed by atoms with Gasteiger partial charge >= 0.3 is 20.0 Å². The second-order valence-electron chi connectivity index (χ2n) is 13.4. The van der Waals surface area contributed by atoms with Gasteiger partial charge in [0.05, 0.1) is 22.9 Å². The predicted octanol–water partition coefficient (Wildman–Crippen LogP) is 7.89. The van der Waals surface area contributed by atoms with Crippen molar-refractivity contribution in [3.8, 4) is 11.1 Å². The van der Waals surface area contributed by atoms with Crippen molar-refractivity contribution in [3.63, 3.8) is 0 Å². The Morgan fingerprint density at radius 2 is 1.38 bits per heavy atom. The van der Waals surface area contributed by atoms with Crippen LogP contribution in [0, 0.1) is 5.92 Å². The molecule has 0 saturated carbocycles. The van der Waals surface area contributed by atoms with Crippen LogP contribution in [0.15, 0.2) is 72.8 Å². The number of hydrogen-bond donors (Lipinski definition) is 3. The van der Waals surface area contributed by atoms with E-state index >= 15 is 0 Å². The molecule has 4 rings (SSSR count). The molecule has 0 aliphatic carbocycles. The van der Waals surface area contributed by atoms with E-state index in [1.807, 2.05) is 36.4 Å². The highest BCUT2D eigenvalue weighted by atomic mass is 35.5. The smallest absolute Gasteiger partial charge is 0.475 e. The maximum Gasteiger partial charge on any atom is 0.475 e. The third kappa shape index (κ3) is 11.1. The highest BCUT2D eigenvalue weighted by Crippen LogP contribution is 2.49. The van der Waals surface area contributed by atoms with Crippen molar-refractivity contribution in [2.45, 2.75) is 77.8 Å². The lowest BCUT2D eigenvalue weighted by atomic mass is 9.84. The summed E-state index contributed by atoms with van der Waals surface area (Å²) in [5, 5.41) is 9.86. The number of halogens is 1. The van der Waals surface area contributed by atoms with E-state index in [-0.39, 0.29) is 11.5 Å². The van der Waals surface area contributed by atoms with Crippen LogP contribution in [0.5, 0.6) is 0 Å².